The van der Waals surface area contributed by atoms with Crippen LogP contribution in [0, 0.1) is 0 Å². The lowest BCUT2D eigenvalue weighted by molar-refractivity contribution is -0.274. The summed E-state index contributed by atoms with van der Waals surface area (Å²) in [7, 11) is 0. The molecule has 1 fully saturated rings. The summed E-state index contributed by atoms with van der Waals surface area (Å²) in [4.78, 5) is 0. The summed E-state index contributed by atoms with van der Waals surface area (Å²) in [5.41, 5.74) is 0.996. The average Bonchev–Trinajstić information content (AvgIpc) is 2.02. The Labute approximate surface area is 85.0 Å². The van der Waals surface area contributed by atoms with E-state index in [1.165, 1.54) is 12.1 Å². The lowest BCUT2D eigenvalue weighted by Crippen LogP contribution is -2.34. The standard InChI is InChI=1S/C10H10F3NO/c11-10(12,13)15-8-3-1-7(2-4-8)9-5-6-14-9/h1-4,9,14H,5-6H2. The average molecular weight is 217 g/mol. The Hall–Kier alpha value is -1.23. The molecule has 82 valence electrons. The second-order valence-corrected chi connectivity index (χ2v) is 3.41. The van der Waals surface area contributed by atoms with E-state index in [1.807, 2.05) is 0 Å². The van der Waals surface area contributed by atoms with Crippen molar-refractivity contribution in [2.75, 3.05) is 6.54 Å². The molecule has 1 saturated heterocycles. The van der Waals surface area contributed by atoms with Crippen LogP contribution in [0.4, 0.5) is 13.2 Å². The maximum absolute atomic E-state index is 11.8. The van der Waals surface area contributed by atoms with Crippen LogP contribution in [0.15, 0.2) is 24.3 Å². The molecule has 15 heavy (non-hydrogen) atoms. The Bertz CT molecular complexity index is 330. The van der Waals surface area contributed by atoms with E-state index in [4.69, 9.17) is 0 Å². The third-order valence-corrected chi connectivity index (χ3v) is 2.34. The van der Waals surface area contributed by atoms with Crippen LogP contribution < -0.4 is 10.1 Å². The third kappa shape index (κ3) is 2.62. The zero-order chi connectivity index (χ0) is 10.9. The van der Waals surface area contributed by atoms with Gasteiger partial charge in [-0.3, -0.25) is 0 Å². The quantitative estimate of drug-likeness (QED) is 0.822. The smallest absolute Gasteiger partial charge is 0.406 e. The number of halogens is 3. The molecule has 1 N–H and O–H groups in total. The highest BCUT2D eigenvalue weighted by Crippen LogP contribution is 2.27. The molecule has 1 atom stereocenters. The molecule has 0 bridgehead atoms. The number of benzene rings is 1. The zero-order valence-corrected chi connectivity index (χ0v) is 7.84. The van der Waals surface area contributed by atoms with E-state index in [0.29, 0.717) is 0 Å². The summed E-state index contributed by atoms with van der Waals surface area (Å²) in [5, 5.41) is 3.17. The first-order chi connectivity index (χ1) is 7.04. The minimum Gasteiger partial charge on any atom is -0.406 e. The van der Waals surface area contributed by atoms with E-state index in [2.05, 4.69) is 10.1 Å². The Morgan fingerprint density at radius 3 is 2.20 bits per heavy atom. The lowest BCUT2D eigenvalue weighted by atomic mass is 9.98. The molecule has 5 heteroatoms. The lowest BCUT2D eigenvalue weighted by Gasteiger charge is -2.28. The van der Waals surface area contributed by atoms with Crippen molar-refractivity contribution in [1.82, 2.24) is 5.32 Å². The number of nitrogens with one attached hydrogen (secondary N) is 1. The molecule has 2 nitrogen and oxygen atoms in total. The molecule has 1 heterocycles. The van der Waals surface area contributed by atoms with E-state index in [0.717, 1.165) is 18.5 Å². The largest absolute Gasteiger partial charge is 0.573 e. The molecule has 1 unspecified atom stereocenters. The van der Waals surface area contributed by atoms with Crippen molar-refractivity contribution in [2.24, 2.45) is 0 Å². The summed E-state index contributed by atoms with van der Waals surface area (Å²) in [6.45, 7) is 0.964. The van der Waals surface area contributed by atoms with Gasteiger partial charge in [0.25, 0.3) is 0 Å². The molecule has 2 rings (SSSR count). The second-order valence-electron chi connectivity index (χ2n) is 3.41. The number of ether oxygens (including phenoxy) is 1. The monoisotopic (exact) mass is 217 g/mol. The summed E-state index contributed by atoms with van der Waals surface area (Å²) >= 11 is 0. The van der Waals surface area contributed by atoms with Gasteiger partial charge in [-0.25, -0.2) is 0 Å². The van der Waals surface area contributed by atoms with Crippen LogP contribution in [0.3, 0.4) is 0 Å². The zero-order valence-electron chi connectivity index (χ0n) is 7.84. The number of alkyl halides is 3. The van der Waals surface area contributed by atoms with Gasteiger partial charge in [-0.05, 0) is 30.7 Å². The van der Waals surface area contributed by atoms with Crippen LogP contribution in [0.2, 0.25) is 0 Å². The fourth-order valence-electron chi connectivity index (χ4n) is 1.48. The first kappa shape index (κ1) is 10.3. The first-order valence-corrected chi connectivity index (χ1v) is 4.64. The predicted octanol–water partition coefficient (Wildman–Crippen LogP) is 2.62. The summed E-state index contributed by atoms with van der Waals surface area (Å²) in [5.74, 6) is -0.175. The van der Waals surface area contributed by atoms with Crippen molar-refractivity contribution >= 4 is 0 Å². The van der Waals surface area contributed by atoms with E-state index in [-0.39, 0.29) is 11.8 Å². The molecule has 0 aliphatic carbocycles. The third-order valence-electron chi connectivity index (χ3n) is 2.34. The van der Waals surface area contributed by atoms with Crippen molar-refractivity contribution < 1.29 is 17.9 Å². The van der Waals surface area contributed by atoms with Crippen LogP contribution >= 0.6 is 0 Å². The SMILES string of the molecule is FC(F)(F)Oc1ccc(C2CCN2)cc1. The fourth-order valence-corrected chi connectivity index (χ4v) is 1.48. The van der Waals surface area contributed by atoms with Crippen molar-refractivity contribution in [1.29, 1.82) is 0 Å². The molecule has 0 radical (unpaired) electrons. The molecule has 1 aliphatic heterocycles. The van der Waals surface area contributed by atoms with Crippen LogP contribution in [0.25, 0.3) is 0 Å². The van der Waals surface area contributed by atoms with Gasteiger partial charge in [-0.2, -0.15) is 0 Å². The minimum atomic E-state index is -4.61. The topological polar surface area (TPSA) is 21.3 Å². The number of hydrogen-bond donors (Lipinski definition) is 1. The van der Waals surface area contributed by atoms with Crippen molar-refractivity contribution in [3.8, 4) is 5.75 Å². The van der Waals surface area contributed by atoms with Crippen molar-refractivity contribution in [2.45, 2.75) is 18.8 Å². The summed E-state index contributed by atoms with van der Waals surface area (Å²) in [6.07, 6.45) is -3.59. The van der Waals surface area contributed by atoms with Gasteiger partial charge in [0.05, 0.1) is 0 Å². The Balaban J connectivity index is 2.03. The Morgan fingerprint density at radius 1 is 1.20 bits per heavy atom. The van der Waals surface area contributed by atoms with Crippen LogP contribution in [0.1, 0.15) is 18.0 Å². The van der Waals surface area contributed by atoms with Crippen molar-refractivity contribution in [3.05, 3.63) is 29.8 Å². The maximum Gasteiger partial charge on any atom is 0.573 e. The van der Waals surface area contributed by atoms with Crippen LogP contribution in [-0.2, 0) is 0 Å². The molecule has 0 spiro atoms. The molecular formula is C10H10F3NO. The van der Waals surface area contributed by atoms with Gasteiger partial charge in [0.1, 0.15) is 5.75 Å². The summed E-state index contributed by atoms with van der Waals surface area (Å²) in [6, 6.07) is 6.26. The fraction of sp³-hybridized carbons (Fsp3) is 0.400. The molecule has 0 saturated carbocycles. The summed E-state index contributed by atoms with van der Waals surface area (Å²) < 4.78 is 39.3. The molecule has 1 aromatic rings. The highest BCUT2D eigenvalue weighted by Gasteiger charge is 2.31. The van der Waals surface area contributed by atoms with E-state index < -0.39 is 6.36 Å². The first-order valence-electron chi connectivity index (χ1n) is 4.64. The van der Waals surface area contributed by atoms with Gasteiger partial charge >= 0.3 is 6.36 Å². The van der Waals surface area contributed by atoms with Crippen molar-refractivity contribution in [3.63, 3.8) is 0 Å². The molecular weight excluding hydrogens is 207 g/mol. The predicted molar refractivity (Wildman–Crippen MR) is 48.5 cm³/mol. The van der Waals surface area contributed by atoms with E-state index in [9.17, 15) is 13.2 Å². The van der Waals surface area contributed by atoms with Crippen LogP contribution in [0.5, 0.6) is 5.75 Å². The van der Waals surface area contributed by atoms with Gasteiger partial charge in [-0.1, -0.05) is 12.1 Å². The van der Waals surface area contributed by atoms with Gasteiger partial charge in [-0.15, -0.1) is 13.2 Å². The van der Waals surface area contributed by atoms with Gasteiger partial charge < -0.3 is 10.1 Å². The Kier molecular flexibility index (Phi) is 2.56. The second kappa shape index (κ2) is 3.73. The van der Waals surface area contributed by atoms with Gasteiger partial charge in [0.15, 0.2) is 0 Å². The van der Waals surface area contributed by atoms with E-state index in [1.54, 1.807) is 12.1 Å². The maximum atomic E-state index is 11.8. The number of rotatable bonds is 2. The van der Waals surface area contributed by atoms with Crippen LogP contribution in [-0.4, -0.2) is 12.9 Å². The number of hydrogen-bond acceptors (Lipinski definition) is 2. The molecule has 0 aromatic heterocycles. The minimum absolute atomic E-state index is 0.175. The highest BCUT2D eigenvalue weighted by atomic mass is 19.4. The highest BCUT2D eigenvalue weighted by molar-refractivity contribution is 5.30. The molecule has 1 aliphatic rings. The Morgan fingerprint density at radius 2 is 1.80 bits per heavy atom. The van der Waals surface area contributed by atoms with E-state index >= 15 is 0 Å². The molecule has 1 aromatic carbocycles. The molecule has 0 amide bonds. The normalized spacial score (nSPS) is 20.9. The van der Waals surface area contributed by atoms with Gasteiger partial charge in [0, 0.05) is 6.04 Å². The van der Waals surface area contributed by atoms with Gasteiger partial charge in [0.2, 0.25) is 0 Å².